The molecule has 4 atom stereocenters. The zero-order valence-electron chi connectivity index (χ0n) is 40.5. The third-order valence-corrected chi connectivity index (χ3v) is 30.1. The lowest BCUT2D eigenvalue weighted by Gasteiger charge is -2.42. The molecule has 0 bridgehead atoms. The normalized spacial score (nSPS) is 21.2. The van der Waals surface area contributed by atoms with E-state index in [0.29, 0.717) is 23.7 Å². The van der Waals surface area contributed by atoms with E-state index in [4.69, 9.17) is 0 Å². The molecule has 6 heterocycles. The van der Waals surface area contributed by atoms with E-state index in [-0.39, 0.29) is 9.75 Å². The standard InChI is InChI=1S/C54H72Br2F4S6/c1-9-17-21-33(13-5)29-65(30-34(14-6)22-18-10-2)39-25-37(61-51(39)53-41(65)27-43(55)63-53)45-47(57)49(59)46(50(60)48(45)58)38-26-40-52(62-38)54-42(28-44(56)64-54)66(40,31-35(15-7)23-19-11-3)32-36(16-8)24-20-12-4/h25-28,33-36H,9-24,29-32H2,1-8H3. The summed E-state index contributed by atoms with van der Waals surface area (Å²) in [5.41, 5.74) is -1.13. The molecule has 2 aliphatic rings. The summed E-state index contributed by atoms with van der Waals surface area (Å²) in [7, 11) is -3.26. The molecule has 366 valence electrons. The van der Waals surface area contributed by atoms with Gasteiger partial charge in [0.2, 0.25) is 0 Å². The van der Waals surface area contributed by atoms with E-state index in [9.17, 15) is 0 Å². The first-order chi connectivity index (χ1) is 31.8. The van der Waals surface area contributed by atoms with E-state index in [2.05, 4.69) is 99.4 Å². The molecule has 0 aliphatic carbocycles. The van der Waals surface area contributed by atoms with Gasteiger partial charge in [0.15, 0.2) is 23.3 Å². The molecule has 1 aromatic carbocycles. The molecule has 0 radical (unpaired) electrons. The van der Waals surface area contributed by atoms with Crippen LogP contribution in [0.4, 0.5) is 17.6 Å². The van der Waals surface area contributed by atoms with Gasteiger partial charge in [0.1, 0.15) is 0 Å². The lowest BCUT2D eigenvalue weighted by molar-refractivity contribution is 0.463. The van der Waals surface area contributed by atoms with Crippen LogP contribution in [0, 0.1) is 46.9 Å². The van der Waals surface area contributed by atoms with Crippen molar-refractivity contribution < 1.29 is 17.6 Å². The molecule has 0 amide bonds. The lowest BCUT2D eigenvalue weighted by atomic mass is 10.0. The second-order valence-electron chi connectivity index (χ2n) is 19.2. The minimum absolute atomic E-state index is 0.287. The summed E-state index contributed by atoms with van der Waals surface area (Å²) in [4.78, 5) is 10.1. The Hall–Kier alpha value is -0.600. The molecule has 0 fully saturated rings. The zero-order valence-corrected chi connectivity index (χ0v) is 48.5. The molecule has 5 aromatic rings. The maximum absolute atomic E-state index is 17.1. The Bertz CT molecular complexity index is 2190. The summed E-state index contributed by atoms with van der Waals surface area (Å²) < 4.78 is 70.7. The Morgan fingerprint density at radius 3 is 0.924 bits per heavy atom. The molecule has 7 rings (SSSR count). The number of unbranched alkanes of at least 4 members (excludes halogenated alkanes) is 4. The number of thiophene rings is 4. The van der Waals surface area contributed by atoms with E-state index in [1.165, 1.54) is 67.9 Å². The van der Waals surface area contributed by atoms with Crippen LogP contribution in [-0.4, -0.2) is 23.0 Å². The number of halogens is 6. The Morgan fingerprint density at radius 1 is 0.409 bits per heavy atom. The number of benzene rings is 1. The van der Waals surface area contributed by atoms with E-state index < -0.39 is 54.5 Å². The van der Waals surface area contributed by atoms with Gasteiger partial charge >= 0.3 is 0 Å². The van der Waals surface area contributed by atoms with Gasteiger partial charge in [0.05, 0.1) is 38.2 Å². The largest absolute Gasteiger partial charge is 0.203 e. The van der Waals surface area contributed by atoms with Gasteiger partial charge in [-0.15, -0.1) is 45.3 Å². The van der Waals surface area contributed by atoms with Crippen LogP contribution in [0.1, 0.15) is 158 Å². The van der Waals surface area contributed by atoms with E-state index in [1.807, 2.05) is 12.1 Å². The Kier molecular flexibility index (Phi) is 18.8. The van der Waals surface area contributed by atoms with Crippen molar-refractivity contribution in [1.29, 1.82) is 0 Å². The predicted molar refractivity (Wildman–Crippen MR) is 296 cm³/mol. The number of fused-ring (bicyclic) bond motifs is 6. The highest BCUT2D eigenvalue weighted by Crippen LogP contribution is 2.79. The summed E-state index contributed by atoms with van der Waals surface area (Å²) in [6.07, 6.45) is 18.1. The second kappa shape index (κ2) is 23.3. The molecule has 12 heteroatoms. The predicted octanol–water partition coefficient (Wildman–Crippen LogP) is 22.6. The fourth-order valence-corrected chi connectivity index (χ4v) is 29.8. The molecule has 0 saturated carbocycles. The molecular formula is C54H72Br2F4S6. The van der Waals surface area contributed by atoms with Crippen molar-refractivity contribution in [2.24, 2.45) is 23.7 Å². The van der Waals surface area contributed by atoms with Crippen LogP contribution in [0.5, 0.6) is 0 Å². The van der Waals surface area contributed by atoms with Gasteiger partial charge in [-0.3, -0.25) is 0 Å². The van der Waals surface area contributed by atoms with Crippen LogP contribution < -0.4 is 0 Å². The number of hydrogen-bond acceptors (Lipinski definition) is 4. The second-order valence-corrected chi connectivity index (χ2v) is 32.8. The maximum Gasteiger partial charge on any atom is 0.171 e. The topological polar surface area (TPSA) is 0 Å². The summed E-state index contributed by atoms with van der Waals surface area (Å²) in [5, 5.41) is 0. The minimum Gasteiger partial charge on any atom is -0.203 e. The zero-order chi connectivity index (χ0) is 47.5. The van der Waals surface area contributed by atoms with Crippen molar-refractivity contribution in [3.05, 3.63) is 55.1 Å². The highest BCUT2D eigenvalue weighted by atomic mass is 79.9. The highest BCUT2D eigenvalue weighted by Gasteiger charge is 2.47. The molecule has 0 saturated heterocycles. The average Bonchev–Trinajstić information content (AvgIpc) is 4.17. The van der Waals surface area contributed by atoms with Gasteiger partial charge in [0.25, 0.3) is 0 Å². The SMILES string of the molecule is CCCCC(CC)CS1(CC(CC)CCCC)c2cc(Br)sc2-c2sc(-c3c(F)c(F)c(-c4cc5c(s4)-c4sc(Br)cc4S5(CC(CC)CCCC)CC(CC)CCCC)c(F)c3F)cc21. The quantitative estimate of drug-likeness (QED) is 0.0382. The first-order valence-electron chi connectivity index (χ1n) is 25.1. The Labute approximate surface area is 430 Å². The molecular weight excluding hydrogens is 1080 g/mol. The monoisotopic (exact) mass is 1150 g/mol. The smallest absolute Gasteiger partial charge is 0.171 e. The first-order valence-corrected chi connectivity index (χ1v) is 33.9. The average molecular weight is 1150 g/mol. The molecule has 66 heavy (non-hydrogen) atoms. The maximum atomic E-state index is 17.1. The van der Waals surface area contributed by atoms with Gasteiger partial charge in [-0.05, 0) is 128 Å². The molecule has 4 unspecified atom stereocenters. The Balaban J connectivity index is 1.37. The van der Waals surface area contributed by atoms with Gasteiger partial charge in [0, 0.05) is 29.3 Å². The molecule has 0 spiro atoms. The van der Waals surface area contributed by atoms with E-state index >= 15 is 17.6 Å². The minimum atomic E-state index is -1.63. The summed E-state index contributed by atoms with van der Waals surface area (Å²) >= 11 is 13.7. The van der Waals surface area contributed by atoms with Crippen LogP contribution in [0.2, 0.25) is 0 Å². The van der Waals surface area contributed by atoms with Crippen LogP contribution in [-0.2, 0) is 0 Å². The van der Waals surface area contributed by atoms with Crippen molar-refractivity contribution >= 4 is 97.3 Å². The summed E-state index contributed by atoms with van der Waals surface area (Å²) in [6, 6.07) is 8.58. The fraction of sp³-hybridized carbons (Fsp3) is 0.593. The summed E-state index contributed by atoms with van der Waals surface area (Å²) in [5.74, 6) is 1.02. The van der Waals surface area contributed by atoms with Crippen LogP contribution in [0.15, 0.2) is 51.4 Å². The summed E-state index contributed by atoms with van der Waals surface area (Å²) in [6.45, 7) is 18.2. The van der Waals surface area contributed by atoms with Crippen molar-refractivity contribution in [2.45, 2.75) is 178 Å². The third-order valence-electron chi connectivity index (χ3n) is 14.8. The van der Waals surface area contributed by atoms with Crippen molar-refractivity contribution in [3.63, 3.8) is 0 Å². The van der Waals surface area contributed by atoms with Crippen LogP contribution >= 0.6 is 97.3 Å². The first kappa shape index (κ1) is 53.2. The number of hydrogen-bond donors (Lipinski definition) is 0. The fourth-order valence-electron chi connectivity index (χ4n) is 10.8. The number of rotatable bonds is 26. The molecule has 0 N–H and O–H groups in total. The van der Waals surface area contributed by atoms with Crippen molar-refractivity contribution in [3.8, 4) is 40.4 Å². The van der Waals surface area contributed by atoms with Gasteiger partial charge in [-0.25, -0.2) is 17.6 Å². The van der Waals surface area contributed by atoms with Crippen molar-refractivity contribution in [1.82, 2.24) is 0 Å². The van der Waals surface area contributed by atoms with Gasteiger partial charge in [-0.2, -0.15) is 20.1 Å². The molecule has 2 aliphatic heterocycles. The third kappa shape index (κ3) is 10.2. The van der Waals surface area contributed by atoms with Crippen molar-refractivity contribution in [2.75, 3.05) is 23.0 Å². The van der Waals surface area contributed by atoms with Gasteiger partial charge in [-0.1, -0.05) is 132 Å². The Morgan fingerprint density at radius 2 is 0.667 bits per heavy atom. The van der Waals surface area contributed by atoms with Crippen LogP contribution in [0.25, 0.3) is 40.4 Å². The van der Waals surface area contributed by atoms with Gasteiger partial charge < -0.3 is 0 Å². The van der Waals surface area contributed by atoms with E-state index in [1.54, 1.807) is 22.7 Å². The van der Waals surface area contributed by atoms with Crippen LogP contribution in [0.3, 0.4) is 0 Å². The lowest BCUT2D eigenvalue weighted by Crippen LogP contribution is -2.21. The molecule has 4 aromatic heterocycles. The highest BCUT2D eigenvalue weighted by molar-refractivity contribution is 9.11. The van der Waals surface area contributed by atoms with E-state index in [0.717, 1.165) is 127 Å². The molecule has 0 nitrogen and oxygen atoms in total.